The highest BCUT2D eigenvalue weighted by atomic mass is 16.7. The van der Waals surface area contributed by atoms with E-state index >= 15 is 0 Å². The van der Waals surface area contributed by atoms with Gasteiger partial charge in [0.2, 0.25) is 0 Å². The van der Waals surface area contributed by atoms with Crippen LogP contribution in [0.1, 0.15) is 16.8 Å². The van der Waals surface area contributed by atoms with Gasteiger partial charge in [-0.2, -0.15) is 5.10 Å². The number of hydrogen-bond donors (Lipinski definition) is 2. The standard InChI is InChI=1S/C14H16N6O4/c1-8-10(4-3-5-11(8)15)14(16)18-24-13(21)7-19-9(2)12(6-17-19)20(22)23/h3-6H,7,15H2,1-2H3,(H2,16,18). The molecule has 10 heteroatoms. The molecule has 0 spiro atoms. The summed E-state index contributed by atoms with van der Waals surface area (Å²) in [6.45, 7) is 2.92. The van der Waals surface area contributed by atoms with Crippen molar-refractivity contribution in [2.24, 2.45) is 10.9 Å². The Balaban J connectivity index is 2.07. The van der Waals surface area contributed by atoms with Crippen LogP contribution in [0.15, 0.2) is 29.6 Å². The molecule has 0 saturated heterocycles. The maximum atomic E-state index is 11.8. The van der Waals surface area contributed by atoms with Crippen LogP contribution in [-0.2, 0) is 16.2 Å². The first-order valence-electron chi connectivity index (χ1n) is 6.86. The molecule has 0 unspecified atom stereocenters. The van der Waals surface area contributed by atoms with Gasteiger partial charge in [0.05, 0.1) is 4.92 Å². The summed E-state index contributed by atoms with van der Waals surface area (Å²) in [6, 6.07) is 5.11. The maximum Gasteiger partial charge on any atom is 0.356 e. The largest absolute Gasteiger partial charge is 0.398 e. The molecule has 0 atom stereocenters. The number of nitrogens with zero attached hydrogens (tertiary/aromatic N) is 4. The highest BCUT2D eigenvalue weighted by molar-refractivity contribution is 5.99. The SMILES string of the molecule is Cc1c(N)cccc1/C(N)=N/OC(=O)Cn1ncc([N+](=O)[O-])c1C. The molecule has 10 nitrogen and oxygen atoms in total. The summed E-state index contributed by atoms with van der Waals surface area (Å²) in [7, 11) is 0. The summed E-state index contributed by atoms with van der Waals surface area (Å²) in [5.74, 6) is -0.767. The predicted octanol–water partition coefficient (Wildman–Crippen LogP) is 0.854. The van der Waals surface area contributed by atoms with Gasteiger partial charge in [0.25, 0.3) is 0 Å². The number of rotatable bonds is 5. The predicted molar refractivity (Wildman–Crippen MR) is 86.0 cm³/mol. The minimum absolute atomic E-state index is 0.00341. The lowest BCUT2D eigenvalue weighted by Crippen LogP contribution is -2.19. The second kappa shape index (κ2) is 6.77. The Hall–Kier alpha value is -3.43. The van der Waals surface area contributed by atoms with Crippen LogP contribution in [0.4, 0.5) is 11.4 Å². The fourth-order valence-electron chi connectivity index (χ4n) is 2.01. The minimum atomic E-state index is -0.763. The van der Waals surface area contributed by atoms with E-state index < -0.39 is 10.9 Å². The summed E-state index contributed by atoms with van der Waals surface area (Å²) >= 11 is 0. The minimum Gasteiger partial charge on any atom is -0.398 e. The van der Waals surface area contributed by atoms with Crippen molar-refractivity contribution in [1.29, 1.82) is 0 Å². The normalized spacial score (nSPS) is 11.3. The summed E-state index contributed by atoms with van der Waals surface area (Å²) in [4.78, 5) is 26.7. The van der Waals surface area contributed by atoms with E-state index in [2.05, 4.69) is 10.3 Å². The number of nitrogen functional groups attached to an aromatic ring is 1. The molecular weight excluding hydrogens is 316 g/mol. The Bertz CT molecular complexity index is 827. The van der Waals surface area contributed by atoms with Crippen LogP contribution < -0.4 is 11.5 Å². The first-order chi connectivity index (χ1) is 11.3. The molecule has 0 amide bonds. The van der Waals surface area contributed by atoms with Crippen molar-refractivity contribution in [1.82, 2.24) is 9.78 Å². The molecule has 0 aliphatic carbocycles. The molecule has 0 aliphatic heterocycles. The van der Waals surface area contributed by atoms with Crippen molar-refractivity contribution in [3.8, 4) is 0 Å². The van der Waals surface area contributed by atoms with Crippen LogP contribution in [-0.4, -0.2) is 26.5 Å². The highest BCUT2D eigenvalue weighted by Gasteiger charge is 2.18. The lowest BCUT2D eigenvalue weighted by Gasteiger charge is -2.07. The average molecular weight is 332 g/mol. The second-order valence-electron chi connectivity index (χ2n) is 4.99. The first kappa shape index (κ1) is 16.9. The van der Waals surface area contributed by atoms with Gasteiger partial charge in [-0.25, -0.2) is 4.79 Å². The molecule has 0 radical (unpaired) electrons. The Kier molecular flexibility index (Phi) is 4.78. The lowest BCUT2D eigenvalue weighted by atomic mass is 10.1. The maximum absolute atomic E-state index is 11.8. The monoisotopic (exact) mass is 332 g/mol. The Morgan fingerprint density at radius 2 is 2.17 bits per heavy atom. The molecule has 2 rings (SSSR count). The third-order valence-corrected chi connectivity index (χ3v) is 3.45. The van der Waals surface area contributed by atoms with Gasteiger partial charge in [-0.05, 0) is 25.5 Å². The summed E-state index contributed by atoms with van der Waals surface area (Å²) in [5, 5.41) is 18.1. The average Bonchev–Trinajstić information content (AvgIpc) is 2.89. The van der Waals surface area contributed by atoms with Crippen molar-refractivity contribution < 1.29 is 14.6 Å². The molecule has 0 saturated carbocycles. The second-order valence-corrected chi connectivity index (χ2v) is 4.99. The lowest BCUT2D eigenvalue weighted by molar-refractivity contribution is -0.385. The first-order valence-corrected chi connectivity index (χ1v) is 6.86. The fraction of sp³-hybridized carbons (Fsp3) is 0.214. The number of nitrogens with two attached hydrogens (primary N) is 2. The Morgan fingerprint density at radius 1 is 1.46 bits per heavy atom. The summed E-state index contributed by atoms with van der Waals surface area (Å²) in [5.41, 5.74) is 13.4. The molecule has 126 valence electrons. The molecule has 24 heavy (non-hydrogen) atoms. The Morgan fingerprint density at radius 3 is 2.79 bits per heavy atom. The molecule has 0 bridgehead atoms. The number of carbonyl (C=O) groups excluding carboxylic acids is 1. The number of aromatic nitrogens is 2. The topological polar surface area (TPSA) is 152 Å². The van der Waals surface area contributed by atoms with E-state index in [0.717, 1.165) is 10.9 Å². The smallest absolute Gasteiger partial charge is 0.356 e. The fourth-order valence-corrected chi connectivity index (χ4v) is 2.01. The van der Waals surface area contributed by atoms with Crippen molar-refractivity contribution in [3.63, 3.8) is 0 Å². The number of carbonyl (C=O) groups is 1. The van der Waals surface area contributed by atoms with Crippen molar-refractivity contribution in [2.75, 3.05) is 5.73 Å². The van der Waals surface area contributed by atoms with Gasteiger partial charge < -0.3 is 16.3 Å². The molecule has 1 aromatic heterocycles. The summed E-state index contributed by atoms with van der Waals surface area (Å²) in [6.07, 6.45) is 1.07. The van der Waals surface area contributed by atoms with Crippen LogP contribution in [0.25, 0.3) is 0 Å². The number of hydrogen-bond acceptors (Lipinski definition) is 7. The van der Waals surface area contributed by atoms with Gasteiger partial charge in [0, 0.05) is 11.3 Å². The van der Waals surface area contributed by atoms with Crippen LogP contribution in [0.5, 0.6) is 0 Å². The molecule has 2 aromatic rings. The number of amidine groups is 1. The molecule has 0 aliphatic rings. The van der Waals surface area contributed by atoms with Crippen molar-refractivity contribution in [3.05, 3.63) is 51.3 Å². The van der Waals surface area contributed by atoms with E-state index in [1.54, 1.807) is 25.1 Å². The van der Waals surface area contributed by atoms with Crippen LogP contribution >= 0.6 is 0 Å². The van der Waals surface area contributed by atoms with E-state index in [-0.39, 0.29) is 23.8 Å². The van der Waals surface area contributed by atoms with E-state index in [9.17, 15) is 14.9 Å². The quantitative estimate of drug-likeness (QED) is 0.206. The highest BCUT2D eigenvalue weighted by Crippen LogP contribution is 2.16. The van der Waals surface area contributed by atoms with Crippen molar-refractivity contribution >= 4 is 23.2 Å². The van der Waals surface area contributed by atoms with Crippen molar-refractivity contribution in [2.45, 2.75) is 20.4 Å². The van der Waals surface area contributed by atoms with Gasteiger partial charge in [-0.15, -0.1) is 0 Å². The van der Waals surface area contributed by atoms with Gasteiger partial charge in [0.15, 0.2) is 5.84 Å². The van der Waals surface area contributed by atoms with Gasteiger partial charge in [-0.1, -0.05) is 17.3 Å². The third kappa shape index (κ3) is 3.48. The zero-order chi connectivity index (χ0) is 17.9. The van der Waals surface area contributed by atoms with Crippen LogP contribution in [0, 0.1) is 24.0 Å². The van der Waals surface area contributed by atoms with Gasteiger partial charge >= 0.3 is 11.7 Å². The molecule has 0 fully saturated rings. The number of anilines is 1. The molecule has 1 aromatic carbocycles. The van der Waals surface area contributed by atoms with E-state index in [4.69, 9.17) is 16.3 Å². The van der Waals surface area contributed by atoms with E-state index in [1.165, 1.54) is 6.92 Å². The Labute approximate surface area is 136 Å². The molecule has 4 N–H and O–H groups in total. The zero-order valence-electron chi connectivity index (χ0n) is 13.1. The van der Waals surface area contributed by atoms with Crippen LogP contribution in [0.2, 0.25) is 0 Å². The summed E-state index contributed by atoms with van der Waals surface area (Å²) < 4.78 is 1.15. The van der Waals surface area contributed by atoms with Gasteiger partial charge in [-0.3, -0.25) is 14.8 Å². The molecule has 1 heterocycles. The number of oxime groups is 1. The van der Waals surface area contributed by atoms with Crippen LogP contribution in [0.3, 0.4) is 0 Å². The number of benzene rings is 1. The van der Waals surface area contributed by atoms with E-state index in [0.29, 0.717) is 16.8 Å². The number of nitro groups is 1. The third-order valence-electron chi connectivity index (χ3n) is 3.45. The van der Waals surface area contributed by atoms with E-state index in [1.807, 2.05) is 0 Å². The zero-order valence-corrected chi connectivity index (χ0v) is 13.1. The molecular formula is C14H16N6O4. The van der Waals surface area contributed by atoms with Gasteiger partial charge in [0.1, 0.15) is 18.4 Å².